The third kappa shape index (κ3) is 2.59. The second-order valence-corrected chi connectivity index (χ2v) is 5.21. The van der Waals surface area contributed by atoms with E-state index in [-0.39, 0.29) is 0 Å². The first kappa shape index (κ1) is 12.3. The maximum Gasteiger partial charge on any atom is 0.0843 e. The Balaban J connectivity index is 2.58. The van der Waals surface area contributed by atoms with Gasteiger partial charge in [0.2, 0.25) is 0 Å². The molecule has 1 unspecified atom stereocenters. The highest BCUT2D eigenvalue weighted by atomic mass is 79.9. The smallest absolute Gasteiger partial charge is 0.0843 e. The second kappa shape index (κ2) is 5.03. The molecule has 0 saturated heterocycles. The van der Waals surface area contributed by atoms with E-state index < -0.39 is 6.10 Å². The van der Waals surface area contributed by atoms with Gasteiger partial charge in [0, 0.05) is 10.0 Å². The van der Waals surface area contributed by atoms with Crippen molar-refractivity contribution in [1.82, 2.24) is 0 Å². The van der Waals surface area contributed by atoms with Crippen molar-refractivity contribution in [3.8, 4) is 0 Å². The molecule has 2 aromatic rings. The molecular formula is C15H15BrO. The molecule has 88 valence electrons. The molecule has 0 aromatic heterocycles. The SMILES string of the molecule is C=C(C)CC(O)c1c(Br)ccc2ccccc12. The number of aliphatic hydroxyl groups excluding tert-OH is 1. The first-order chi connectivity index (χ1) is 8.09. The zero-order valence-corrected chi connectivity index (χ0v) is 11.4. The highest BCUT2D eigenvalue weighted by Gasteiger charge is 2.14. The molecule has 0 amide bonds. The molecule has 2 rings (SSSR count). The van der Waals surface area contributed by atoms with Crippen molar-refractivity contribution < 1.29 is 5.11 Å². The third-order valence-corrected chi connectivity index (χ3v) is 3.48. The van der Waals surface area contributed by atoms with Gasteiger partial charge in [-0.3, -0.25) is 0 Å². The van der Waals surface area contributed by atoms with E-state index in [1.165, 1.54) is 0 Å². The van der Waals surface area contributed by atoms with E-state index in [1.807, 2.05) is 31.2 Å². The minimum atomic E-state index is -0.507. The lowest BCUT2D eigenvalue weighted by atomic mass is 9.97. The summed E-state index contributed by atoms with van der Waals surface area (Å²) >= 11 is 3.52. The monoisotopic (exact) mass is 290 g/mol. The van der Waals surface area contributed by atoms with Crippen LogP contribution in [0.3, 0.4) is 0 Å². The van der Waals surface area contributed by atoms with Crippen molar-refractivity contribution in [3.05, 3.63) is 58.6 Å². The van der Waals surface area contributed by atoms with Gasteiger partial charge in [0.15, 0.2) is 0 Å². The number of hydrogen-bond donors (Lipinski definition) is 1. The molecule has 0 aliphatic rings. The Kier molecular flexibility index (Phi) is 3.65. The van der Waals surface area contributed by atoms with Crippen molar-refractivity contribution in [2.45, 2.75) is 19.4 Å². The van der Waals surface area contributed by atoms with Crippen LogP contribution in [-0.2, 0) is 0 Å². The molecule has 0 aliphatic carbocycles. The van der Waals surface area contributed by atoms with E-state index in [9.17, 15) is 5.11 Å². The molecule has 1 nitrogen and oxygen atoms in total. The lowest BCUT2D eigenvalue weighted by molar-refractivity contribution is 0.179. The lowest BCUT2D eigenvalue weighted by Crippen LogP contribution is -2.00. The molecule has 0 fully saturated rings. The molecule has 0 saturated carbocycles. The largest absolute Gasteiger partial charge is 0.388 e. The minimum absolute atomic E-state index is 0.507. The summed E-state index contributed by atoms with van der Waals surface area (Å²) in [7, 11) is 0. The lowest BCUT2D eigenvalue weighted by Gasteiger charge is -2.15. The maximum absolute atomic E-state index is 10.3. The standard InChI is InChI=1S/C15H15BrO/c1-10(2)9-14(17)15-12-6-4-3-5-11(12)7-8-13(15)16/h3-8,14,17H,1,9H2,2H3. The topological polar surface area (TPSA) is 20.2 Å². The Morgan fingerprint density at radius 3 is 2.71 bits per heavy atom. The van der Waals surface area contributed by atoms with Crippen LogP contribution in [0.1, 0.15) is 25.0 Å². The average molecular weight is 291 g/mol. The Labute approximate surface area is 110 Å². The summed E-state index contributed by atoms with van der Waals surface area (Å²) in [4.78, 5) is 0. The molecule has 1 N–H and O–H groups in total. The van der Waals surface area contributed by atoms with Crippen LogP contribution in [0.25, 0.3) is 10.8 Å². The summed E-state index contributed by atoms with van der Waals surface area (Å²) in [6, 6.07) is 12.1. The van der Waals surface area contributed by atoms with Gasteiger partial charge in [-0.2, -0.15) is 0 Å². The normalized spacial score (nSPS) is 12.6. The van der Waals surface area contributed by atoms with Crippen LogP contribution in [0.2, 0.25) is 0 Å². The molecule has 17 heavy (non-hydrogen) atoms. The van der Waals surface area contributed by atoms with E-state index in [0.717, 1.165) is 26.4 Å². The maximum atomic E-state index is 10.3. The van der Waals surface area contributed by atoms with Crippen molar-refractivity contribution in [3.63, 3.8) is 0 Å². The van der Waals surface area contributed by atoms with E-state index in [0.29, 0.717) is 6.42 Å². The molecular weight excluding hydrogens is 276 g/mol. The molecule has 0 spiro atoms. The number of benzene rings is 2. The van der Waals surface area contributed by atoms with E-state index in [4.69, 9.17) is 0 Å². The third-order valence-electron chi connectivity index (χ3n) is 2.79. The molecule has 2 aromatic carbocycles. The highest BCUT2D eigenvalue weighted by molar-refractivity contribution is 9.10. The molecule has 0 heterocycles. The Hall–Kier alpha value is -1.12. The molecule has 0 radical (unpaired) electrons. The number of hydrogen-bond acceptors (Lipinski definition) is 1. The summed E-state index contributed by atoms with van der Waals surface area (Å²) in [5, 5.41) is 12.5. The second-order valence-electron chi connectivity index (χ2n) is 4.36. The van der Waals surface area contributed by atoms with Gasteiger partial charge in [-0.05, 0) is 30.2 Å². The Bertz CT molecular complexity index is 560. The Morgan fingerprint density at radius 2 is 2.00 bits per heavy atom. The van der Waals surface area contributed by atoms with Crippen molar-refractivity contribution in [1.29, 1.82) is 0 Å². The van der Waals surface area contributed by atoms with Crippen LogP contribution in [0.15, 0.2) is 53.0 Å². The minimum Gasteiger partial charge on any atom is -0.388 e. The van der Waals surface area contributed by atoms with Crippen LogP contribution in [-0.4, -0.2) is 5.11 Å². The summed E-state index contributed by atoms with van der Waals surface area (Å²) in [5.74, 6) is 0. The summed E-state index contributed by atoms with van der Waals surface area (Å²) in [6.45, 7) is 5.79. The number of halogens is 1. The van der Waals surface area contributed by atoms with Gasteiger partial charge in [0.25, 0.3) is 0 Å². The van der Waals surface area contributed by atoms with Crippen LogP contribution in [0.4, 0.5) is 0 Å². The van der Waals surface area contributed by atoms with Gasteiger partial charge in [-0.15, -0.1) is 6.58 Å². The zero-order chi connectivity index (χ0) is 12.4. The van der Waals surface area contributed by atoms with Crippen LogP contribution < -0.4 is 0 Å². The predicted octanol–water partition coefficient (Wildman–Crippen LogP) is 4.60. The van der Waals surface area contributed by atoms with E-state index >= 15 is 0 Å². The van der Waals surface area contributed by atoms with Gasteiger partial charge in [-0.1, -0.05) is 51.8 Å². The van der Waals surface area contributed by atoms with Crippen molar-refractivity contribution >= 4 is 26.7 Å². The van der Waals surface area contributed by atoms with E-state index in [2.05, 4.69) is 34.6 Å². The van der Waals surface area contributed by atoms with Crippen molar-refractivity contribution in [2.24, 2.45) is 0 Å². The first-order valence-corrected chi connectivity index (χ1v) is 6.38. The van der Waals surface area contributed by atoms with E-state index in [1.54, 1.807) is 0 Å². The van der Waals surface area contributed by atoms with Gasteiger partial charge >= 0.3 is 0 Å². The Morgan fingerprint density at radius 1 is 1.29 bits per heavy atom. The zero-order valence-electron chi connectivity index (χ0n) is 9.78. The molecule has 1 atom stereocenters. The van der Waals surface area contributed by atoms with Gasteiger partial charge < -0.3 is 5.11 Å². The summed E-state index contributed by atoms with van der Waals surface area (Å²) in [5.41, 5.74) is 1.93. The molecule has 0 bridgehead atoms. The fourth-order valence-corrected chi connectivity index (χ4v) is 2.65. The van der Waals surface area contributed by atoms with Crippen molar-refractivity contribution in [2.75, 3.05) is 0 Å². The van der Waals surface area contributed by atoms with Gasteiger partial charge in [-0.25, -0.2) is 0 Å². The number of fused-ring (bicyclic) bond motifs is 1. The molecule has 0 aliphatic heterocycles. The number of rotatable bonds is 3. The summed E-state index contributed by atoms with van der Waals surface area (Å²) < 4.78 is 0.949. The fourth-order valence-electron chi connectivity index (χ4n) is 2.04. The van der Waals surface area contributed by atoms with Crippen LogP contribution >= 0.6 is 15.9 Å². The number of aliphatic hydroxyl groups is 1. The van der Waals surface area contributed by atoms with Crippen LogP contribution in [0.5, 0.6) is 0 Å². The fraction of sp³-hybridized carbons (Fsp3) is 0.200. The summed E-state index contributed by atoms with van der Waals surface area (Å²) in [6.07, 6.45) is 0.0834. The average Bonchev–Trinajstić information content (AvgIpc) is 2.27. The first-order valence-electron chi connectivity index (χ1n) is 5.59. The van der Waals surface area contributed by atoms with Gasteiger partial charge in [0.05, 0.1) is 6.10 Å². The quantitative estimate of drug-likeness (QED) is 0.819. The van der Waals surface area contributed by atoms with Gasteiger partial charge in [0.1, 0.15) is 0 Å². The predicted molar refractivity (Wildman–Crippen MR) is 76.0 cm³/mol. The molecule has 2 heteroatoms. The van der Waals surface area contributed by atoms with Crippen LogP contribution in [0, 0.1) is 0 Å². The highest BCUT2D eigenvalue weighted by Crippen LogP contribution is 2.33.